The van der Waals surface area contributed by atoms with Crippen molar-refractivity contribution < 1.29 is 57.0 Å². The third-order valence-corrected chi connectivity index (χ3v) is 14.2. The van der Waals surface area contributed by atoms with Crippen LogP contribution in [-0.2, 0) is 28.9 Å². The van der Waals surface area contributed by atoms with Gasteiger partial charge >= 0.3 is 10.4 Å². The summed E-state index contributed by atoms with van der Waals surface area (Å²) in [6, 6.07) is -1.14. The van der Waals surface area contributed by atoms with Crippen molar-refractivity contribution in [1.82, 2.24) is 5.32 Å². The van der Waals surface area contributed by atoms with E-state index in [0.717, 1.165) is 64.2 Å². The van der Waals surface area contributed by atoms with Gasteiger partial charge < -0.3 is 40.3 Å². The number of carbonyl (C=O) groups is 1. The van der Waals surface area contributed by atoms with Gasteiger partial charge in [0, 0.05) is 0 Å². The highest BCUT2D eigenvalue weighted by molar-refractivity contribution is 7.80. The van der Waals surface area contributed by atoms with E-state index in [2.05, 4.69) is 47.7 Å². The lowest BCUT2D eigenvalue weighted by Gasteiger charge is -2.41. The number of hydrogen-bond acceptors (Lipinski definition) is 11. The second kappa shape index (κ2) is 46.8. The van der Waals surface area contributed by atoms with E-state index in [1.54, 1.807) is 6.08 Å². The molecule has 418 valence electrons. The number of nitrogens with one attached hydrogen (secondary N) is 1. The van der Waals surface area contributed by atoms with Crippen LogP contribution >= 0.6 is 0 Å². The molecule has 8 atom stereocenters. The Morgan fingerprint density at radius 1 is 0.563 bits per heavy atom. The topological polar surface area (TPSA) is 212 Å². The van der Waals surface area contributed by atoms with E-state index in [0.29, 0.717) is 12.8 Å². The molecular weight excluding hydrogens is 923 g/mol. The zero-order valence-electron chi connectivity index (χ0n) is 44.9. The lowest BCUT2D eigenvalue weighted by molar-refractivity contribution is -0.298. The minimum atomic E-state index is -5.13. The van der Waals surface area contributed by atoms with Crippen LogP contribution in [0.25, 0.3) is 0 Å². The number of allylic oxidation sites excluding steroid dienone is 5. The molecule has 0 radical (unpaired) electrons. The first kappa shape index (κ1) is 67.3. The van der Waals surface area contributed by atoms with Crippen molar-refractivity contribution in [3.05, 3.63) is 36.5 Å². The number of aliphatic hydroxyl groups excluding tert-OH is 5. The SMILES string of the molecule is CCCCCCCCCCCCC/C=C\CCCCCCCCC(O)C(=O)NC(COC1OC(CO)C(O)C(OS(=O)(=O)O)C1O)C(O)/C=C/CC/C=C/CCCCCCCCCCCCCCCCC. The Hall–Kier alpha value is -1.72. The van der Waals surface area contributed by atoms with Crippen LogP contribution in [0.2, 0.25) is 0 Å². The van der Waals surface area contributed by atoms with Gasteiger partial charge in [0.1, 0.15) is 30.5 Å². The second-order valence-electron chi connectivity index (χ2n) is 20.4. The van der Waals surface area contributed by atoms with Crippen LogP contribution < -0.4 is 5.32 Å². The summed E-state index contributed by atoms with van der Waals surface area (Å²) in [5, 5.41) is 55.5. The lowest BCUT2D eigenvalue weighted by Crippen LogP contribution is -2.61. The molecule has 1 fully saturated rings. The molecule has 1 aliphatic rings. The van der Waals surface area contributed by atoms with Crippen molar-refractivity contribution in [3.63, 3.8) is 0 Å². The lowest BCUT2D eigenvalue weighted by atomic mass is 9.99. The van der Waals surface area contributed by atoms with Crippen LogP contribution in [-0.4, -0.2) is 107 Å². The molecule has 0 aromatic heterocycles. The van der Waals surface area contributed by atoms with E-state index in [9.17, 15) is 43.3 Å². The Morgan fingerprint density at radius 3 is 1.35 bits per heavy atom. The average Bonchev–Trinajstić information content (AvgIpc) is 3.35. The Bertz CT molecular complexity index is 1410. The van der Waals surface area contributed by atoms with Gasteiger partial charge in [-0.15, -0.1) is 0 Å². The third-order valence-electron chi connectivity index (χ3n) is 13.8. The first-order valence-electron chi connectivity index (χ1n) is 29.0. The van der Waals surface area contributed by atoms with Crippen molar-refractivity contribution in [2.75, 3.05) is 13.2 Å². The highest BCUT2D eigenvalue weighted by atomic mass is 32.3. The Morgan fingerprint density at radius 2 is 0.944 bits per heavy atom. The average molecular weight is 1030 g/mol. The number of unbranched alkanes of at least 4 members (excludes halogenated alkanes) is 33. The molecule has 13 nitrogen and oxygen atoms in total. The fraction of sp³-hybridized carbons (Fsp3) is 0.877. The Labute approximate surface area is 433 Å². The summed E-state index contributed by atoms with van der Waals surface area (Å²) in [7, 11) is -5.13. The quantitative estimate of drug-likeness (QED) is 0.0172. The van der Waals surface area contributed by atoms with Gasteiger partial charge in [0.05, 0.1) is 25.4 Å². The van der Waals surface area contributed by atoms with E-state index in [-0.39, 0.29) is 6.42 Å². The van der Waals surface area contributed by atoms with Crippen LogP contribution in [0.1, 0.15) is 258 Å². The first-order chi connectivity index (χ1) is 34.4. The number of rotatable bonds is 50. The summed E-state index contributed by atoms with van der Waals surface area (Å²) in [6.07, 6.45) is 46.5. The van der Waals surface area contributed by atoms with Crippen molar-refractivity contribution >= 4 is 16.3 Å². The molecule has 1 aliphatic heterocycles. The summed E-state index contributed by atoms with van der Waals surface area (Å²) in [5.41, 5.74) is 0. The summed E-state index contributed by atoms with van der Waals surface area (Å²) in [6.45, 7) is 3.24. The molecule has 0 aromatic rings. The number of aliphatic hydroxyl groups is 5. The third kappa shape index (κ3) is 38.5. The minimum Gasteiger partial charge on any atom is -0.394 e. The highest BCUT2D eigenvalue weighted by Crippen LogP contribution is 2.26. The van der Waals surface area contributed by atoms with E-state index < -0.39 is 78.5 Å². The van der Waals surface area contributed by atoms with Crippen LogP contribution in [0.3, 0.4) is 0 Å². The number of ether oxygens (including phenoxy) is 2. The minimum absolute atomic E-state index is 0.230. The molecule has 7 N–H and O–H groups in total. The molecule has 0 spiro atoms. The maximum absolute atomic E-state index is 13.2. The molecule has 8 unspecified atom stereocenters. The first-order valence-corrected chi connectivity index (χ1v) is 30.3. The number of amides is 1. The molecule has 1 heterocycles. The molecule has 0 saturated carbocycles. The van der Waals surface area contributed by atoms with E-state index in [4.69, 9.17) is 9.47 Å². The summed E-state index contributed by atoms with van der Waals surface area (Å²) in [4.78, 5) is 13.2. The van der Waals surface area contributed by atoms with Crippen molar-refractivity contribution in [1.29, 1.82) is 0 Å². The van der Waals surface area contributed by atoms with Crippen molar-refractivity contribution in [3.8, 4) is 0 Å². The van der Waals surface area contributed by atoms with Gasteiger partial charge in [-0.3, -0.25) is 9.35 Å². The van der Waals surface area contributed by atoms with Gasteiger partial charge in [-0.1, -0.05) is 237 Å². The summed E-state index contributed by atoms with van der Waals surface area (Å²) in [5.74, 6) is -0.714. The zero-order chi connectivity index (χ0) is 52.1. The van der Waals surface area contributed by atoms with Gasteiger partial charge in [-0.2, -0.15) is 8.42 Å². The fourth-order valence-electron chi connectivity index (χ4n) is 9.18. The molecule has 1 saturated heterocycles. The maximum atomic E-state index is 13.2. The van der Waals surface area contributed by atoms with Crippen LogP contribution in [0.4, 0.5) is 0 Å². The molecule has 1 amide bonds. The fourth-order valence-corrected chi connectivity index (χ4v) is 9.69. The molecule has 71 heavy (non-hydrogen) atoms. The molecule has 14 heteroatoms. The van der Waals surface area contributed by atoms with Crippen molar-refractivity contribution in [2.45, 2.75) is 307 Å². The van der Waals surface area contributed by atoms with E-state index in [1.165, 1.54) is 167 Å². The monoisotopic (exact) mass is 1030 g/mol. The normalized spacial score (nSPS) is 20.1. The highest BCUT2D eigenvalue weighted by Gasteiger charge is 2.48. The van der Waals surface area contributed by atoms with Gasteiger partial charge in [-0.25, -0.2) is 4.18 Å². The number of carbonyl (C=O) groups excluding carboxylic acids is 1. The molecule has 0 aromatic carbocycles. The summed E-state index contributed by atoms with van der Waals surface area (Å²) >= 11 is 0. The number of hydrogen-bond donors (Lipinski definition) is 7. The van der Waals surface area contributed by atoms with Gasteiger partial charge in [0.15, 0.2) is 6.29 Å². The molecule has 1 rings (SSSR count). The van der Waals surface area contributed by atoms with Crippen LogP contribution in [0, 0.1) is 0 Å². The predicted octanol–water partition coefficient (Wildman–Crippen LogP) is 12.4. The largest absolute Gasteiger partial charge is 0.397 e. The molecule has 0 bridgehead atoms. The zero-order valence-corrected chi connectivity index (χ0v) is 45.7. The predicted molar refractivity (Wildman–Crippen MR) is 288 cm³/mol. The van der Waals surface area contributed by atoms with Gasteiger partial charge in [0.2, 0.25) is 5.91 Å². The Kier molecular flexibility index (Phi) is 44.3. The van der Waals surface area contributed by atoms with Crippen LogP contribution in [0.15, 0.2) is 36.5 Å². The van der Waals surface area contributed by atoms with Gasteiger partial charge in [0.25, 0.3) is 0 Å². The van der Waals surface area contributed by atoms with Gasteiger partial charge in [-0.05, 0) is 57.8 Å². The smallest absolute Gasteiger partial charge is 0.394 e. The van der Waals surface area contributed by atoms with Crippen LogP contribution in [0.5, 0.6) is 0 Å². The molecular formula is C57H107NO12S. The molecule has 0 aliphatic carbocycles. The Balaban J connectivity index is 2.47. The van der Waals surface area contributed by atoms with E-state index in [1.807, 2.05) is 0 Å². The standard InChI is InChI=1S/C57H107NO12S/c1-3-5-7-9-11-13-15-17-19-21-23-25-27-29-31-33-35-37-39-41-43-45-50(60)49(48-68-57-54(63)55(70-71(65,66)67)53(62)52(47-59)69-57)58-56(64)51(61)46-44-42-40-38-36-34-32-30-28-26-24-22-20-18-16-14-12-10-8-6-4-2/h28,30,35,37,43,45,49-55,57,59-63H,3-27,29,31-34,36,38-42,44,46-48H2,1-2H3,(H,58,64)(H,65,66,67)/b30-28-,37-35+,45-43+. The maximum Gasteiger partial charge on any atom is 0.397 e. The summed E-state index contributed by atoms with van der Waals surface area (Å²) < 4.78 is 47.7. The second-order valence-corrected chi connectivity index (χ2v) is 21.4. The van der Waals surface area contributed by atoms with E-state index >= 15 is 0 Å². The van der Waals surface area contributed by atoms with Crippen molar-refractivity contribution in [2.24, 2.45) is 0 Å².